The average molecular weight is 364 g/mol. The van der Waals surface area contributed by atoms with Crippen molar-refractivity contribution in [3.63, 3.8) is 0 Å². The van der Waals surface area contributed by atoms with E-state index in [1.165, 1.54) is 12.1 Å². The van der Waals surface area contributed by atoms with Gasteiger partial charge in [-0.2, -0.15) is 13.2 Å². The summed E-state index contributed by atoms with van der Waals surface area (Å²) in [4.78, 5) is 7.96. The van der Waals surface area contributed by atoms with Crippen LogP contribution in [0.2, 0.25) is 5.02 Å². The second kappa shape index (κ2) is 7.11. The summed E-state index contributed by atoms with van der Waals surface area (Å²) in [5, 5.41) is 3.54. The van der Waals surface area contributed by atoms with Crippen LogP contribution in [-0.4, -0.2) is 9.97 Å². The highest BCUT2D eigenvalue weighted by molar-refractivity contribution is 6.30. The van der Waals surface area contributed by atoms with Gasteiger partial charge in [0, 0.05) is 11.2 Å². The third-order valence-corrected chi connectivity index (χ3v) is 3.73. The lowest BCUT2D eigenvalue weighted by Gasteiger charge is -2.20. The van der Waals surface area contributed by atoms with Crippen molar-refractivity contribution in [1.29, 1.82) is 0 Å². The minimum atomic E-state index is -4.51. The Kier molecular flexibility index (Phi) is 4.90. The zero-order valence-corrected chi connectivity index (χ0v) is 13.6. The van der Waals surface area contributed by atoms with E-state index in [1.807, 2.05) is 6.07 Å². The lowest BCUT2D eigenvalue weighted by Crippen LogP contribution is -2.16. The number of benzene rings is 1. The smallest absolute Gasteiger partial charge is 0.358 e. The molecule has 2 aromatic heterocycles. The summed E-state index contributed by atoms with van der Waals surface area (Å²) in [6, 6.07) is 15.7. The molecule has 1 atom stereocenters. The molecule has 0 radical (unpaired) electrons. The van der Waals surface area contributed by atoms with Gasteiger partial charge in [-0.15, -0.1) is 0 Å². The zero-order valence-electron chi connectivity index (χ0n) is 12.8. The van der Waals surface area contributed by atoms with E-state index in [-0.39, 0.29) is 5.82 Å². The van der Waals surface area contributed by atoms with Gasteiger partial charge in [0.05, 0.1) is 11.7 Å². The average Bonchev–Trinajstić information content (AvgIpc) is 2.60. The highest BCUT2D eigenvalue weighted by Gasteiger charge is 2.32. The molecule has 128 valence electrons. The van der Waals surface area contributed by atoms with Gasteiger partial charge in [0.2, 0.25) is 0 Å². The SMILES string of the molecule is FC(F)(F)c1cccc(NC(c2cccc(Cl)c2)c2ccccn2)n1. The van der Waals surface area contributed by atoms with Crippen molar-refractivity contribution in [3.8, 4) is 0 Å². The van der Waals surface area contributed by atoms with Crippen LogP contribution in [0.25, 0.3) is 0 Å². The molecule has 0 saturated carbocycles. The minimum absolute atomic E-state index is 0.102. The molecule has 0 amide bonds. The van der Waals surface area contributed by atoms with Crippen molar-refractivity contribution < 1.29 is 13.2 Å². The quantitative estimate of drug-likeness (QED) is 0.679. The fourth-order valence-corrected chi connectivity index (χ4v) is 2.58. The molecule has 0 aliphatic carbocycles. The molecule has 0 aliphatic heterocycles. The van der Waals surface area contributed by atoms with Crippen LogP contribution in [0.15, 0.2) is 66.9 Å². The number of halogens is 4. The molecule has 25 heavy (non-hydrogen) atoms. The maximum atomic E-state index is 12.9. The normalized spacial score (nSPS) is 12.6. The van der Waals surface area contributed by atoms with Gasteiger partial charge in [-0.25, -0.2) is 4.98 Å². The number of alkyl halides is 3. The van der Waals surface area contributed by atoms with Gasteiger partial charge in [-0.1, -0.05) is 35.9 Å². The topological polar surface area (TPSA) is 37.8 Å². The van der Waals surface area contributed by atoms with E-state index >= 15 is 0 Å². The summed E-state index contributed by atoms with van der Waals surface area (Å²) in [5.41, 5.74) is 0.456. The summed E-state index contributed by atoms with van der Waals surface area (Å²) >= 11 is 6.05. The van der Waals surface area contributed by atoms with E-state index in [2.05, 4.69) is 15.3 Å². The van der Waals surface area contributed by atoms with Crippen molar-refractivity contribution in [1.82, 2.24) is 9.97 Å². The summed E-state index contributed by atoms with van der Waals surface area (Å²) in [7, 11) is 0. The van der Waals surface area contributed by atoms with Crippen molar-refractivity contribution in [2.24, 2.45) is 0 Å². The molecule has 7 heteroatoms. The van der Waals surface area contributed by atoms with Crippen LogP contribution in [0.1, 0.15) is 23.0 Å². The monoisotopic (exact) mass is 363 g/mol. The van der Waals surface area contributed by atoms with Gasteiger partial charge in [0.1, 0.15) is 11.5 Å². The van der Waals surface area contributed by atoms with Crippen LogP contribution < -0.4 is 5.32 Å². The highest BCUT2D eigenvalue weighted by atomic mass is 35.5. The molecule has 1 N–H and O–H groups in total. The summed E-state index contributed by atoms with van der Waals surface area (Å²) in [6.07, 6.45) is -2.89. The molecule has 0 spiro atoms. The Bertz CT molecular complexity index is 853. The van der Waals surface area contributed by atoms with E-state index in [0.29, 0.717) is 10.7 Å². The molecule has 2 heterocycles. The first kappa shape index (κ1) is 17.2. The number of nitrogens with zero attached hydrogens (tertiary/aromatic N) is 2. The van der Waals surface area contributed by atoms with Crippen LogP contribution in [0, 0.1) is 0 Å². The van der Waals surface area contributed by atoms with Gasteiger partial charge in [0.15, 0.2) is 0 Å². The molecule has 1 aromatic carbocycles. The largest absolute Gasteiger partial charge is 0.433 e. The predicted octanol–water partition coefficient (Wildman–Crippen LogP) is 5.35. The van der Waals surface area contributed by atoms with Crippen LogP contribution in [0.4, 0.5) is 19.0 Å². The number of hydrogen-bond acceptors (Lipinski definition) is 3. The molecule has 0 bridgehead atoms. The molecular weight excluding hydrogens is 351 g/mol. The van der Waals surface area contributed by atoms with Gasteiger partial charge in [-0.05, 0) is 42.0 Å². The molecule has 1 unspecified atom stereocenters. The Morgan fingerprint density at radius 2 is 1.76 bits per heavy atom. The number of hydrogen-bond donors (Lipinski definition) is 1. The first-order valence-corrected chi connectivity index (χ1v) is 7.78. The molecule has 0 saturated heterocycles. The Morgan fingerprint density at radius 1 is 0.960 bits per heavy atom. The van der Waals surface area contributed by atoms with E-state index in [0.717, 1.165) is 11.6 Å². The second-order valence-electron chi connectivity index (χ2n) is 5.29. The maximum absolute atomic E-state index is 12.9. The van der Waals surface area contributed by atoms with Crippen molar-refractivity contribution in [3.05, 3.63) is 88.8 Å². The first-order valence-electron chi connectivity index (χ1n) is 7.41. The van der Waals surface area contributed by atoms with E-state index < -0.39 is 17.9 Å². The third kappa shape index (κ3) is 4.28. The standard InChI is InChI=1S/C18H13ClF3N3/c19-13-6-3-5-12(11-13)17(14-7-1-2-10-23-14)25-16-9-4-8-15(24-16)18(20,21)22/h1-11,17H,(H,24,25). The number of nitrogens with one attached hydrogen (secondary N) is 1. The van der Waals surface area contributed by atoms with E-state index in [1.54, 1.807) is 42.6 Å². The molecule has 3 nitrogen and oxygen atoms in total. The number of anilines is 1. The van der Waals surface area contributed by atoms with Gasteiger partial charge in [-0.3, -0.25) is 4.98 Å². The summed E-state index contributed by atoms with van der Waals surface area (Å²) in [6.45, 7) is 0. The second-order valence-corrected chi connectivity index (χ2v) is 5.73. The highest BCUT2D eigenvalue weighted by Crippen LogP contribution is 2.30. The lowest BCUT2D eigenvalue weighted by molar-refractivity contribution is -0.141. The fraction of sp³-hybridized carbons (Fsp3) is 0.111. The predicted molar refractivity (Wildman–Crippen MR) is 90.4 cm³/mol. The Hall–Kier alpha value is -2.60. The molecule has 3 aromatic rings. The maximum Gasteiger partial charge on any atom is 0.433 e. The Labute approximate surface area is 147 Å². The van der Waals surface area contributed by atoms with E-state index in [9.17, 15) is 13.2 Å². The lowest BCUT2D eigenvalue weighted by atomic mass is 10.0. The fourth-order valence-electron chi connectivity index (χ4n) is 2.38. The number of pyridine rings is 2. The number of aromatic nitrogens is 2. The Balaban J connectivity index is 1.99. The van der Waals surface area contributed by atoms with Gasteiger partial charge >= 0.3 is 6.18 Å². The third-order valence-electron chi connectivity index (χ3n) is 3.50. The minimum Gasteiger partial charge on any atom is -0.358 e. The number of rotatable bonds is 4. The van der Waals surface area contributed by atoms with Crippen LogP contribution in [-0.2, 0) is 6.18 Å². The van der Waals surface area contributed by atoms with Crippen LogP contribution in [0.5, 0.6) is 0 Å². The summed E-state index contributed by atoms with van der Waals surface area (Å²) < 4.78 is 38.7. The van der Waals surface area contributed by atoms with Crippen molar-refractivity contribution >= 4 is 17.4 Å². The van der Waals surface area contributed by atoms with Crippen molar-refractivity contribution in [2.45, 2.75) is 12.2 Å². The first-order chi connectivity index (χ1) is 11.9. The molecule has 3 rings (SSSR count). The Morgan fingerprint density at radius 3 is 2.44 bits per heavy atom. The summed E-state index contributed by atoms with van der Waals surface area (Å²) in [5.74, 6) is 0.102. The van der Waals surface area contributed by atoms with Gasteiger partial charge in [0.25, 0.3) is 0 Å². The molecule has 0 fully saturated rings. The zero-order chi connectivity index (χ0) is 17.9. The van der Waals surface area contributed by atoms with Crippen LogP contribution >= 0.6 is 11.6 Å². The molecule has 0 aliphatic rings. The van der Waals surface area contributed by atoms with Gasteiger partial charge < -0.3 is 5.32 Å². The molecular formula is C18H13ClF3N3. The van der Waals surface area contributed by atoms with E-state index in [4.69, 9.17) is 11.6 Å². The van der Waals surface area contributed by atoms with Crippen LogP contribution in [0.3, 0.4) is 0 Å². The van der Waals surface area contributed by atoms with Crippen molar-refractivity contribution in [2.75, 3.05) is 5.32 Å².